The van der Waals surface area contributed by atoms with E-state index in [0.717, 1.165) is 66.9 Å². The molecular formula is C61H58IrN4O-2. The van der Waals surface area contributed by atoms with Crippen LogP contribution in [0.4, 0.5) is 0 Å². The topological polar surface area (TPSA) is 56.7 Å². The third-order valence-electron chi connectivity index (χ3n) is 12.5. The Hall–Kier alpha value is -6.46. The van der Waals surface area contributed by atoms with E-state index in [-0.39, 0.29) is 42.8 Å². The minimum Gasteiger partial charge on any atom is -0.500 e. The summed E-state index contributed by atoms with van der Waals surface area (Å²) < 4.78 is 9.25. The molecule has 10 rings (SSSR count). The molecular weight excluding hydrogens is 997 g/mol. The van der Waals surface area contributed by atoms with Crippen LogP contribution in [0.25, 0.3) is 83.7 Å². The van der Waals surface area contributed by atoms with Crippen LogP contribution in [0.2, 0.25) is 0 Å². The first-order valence-electron chi connectivity index (χ1n) is 23.1. The number of hydrogen-bond donors (Lipinski definition) is 0. The maximum Gasteiger partial charge on any atom is 0.124 e. The van der Waals surface area contributed by atoms with Crippen molar-refractivity contribution in [2.75, 3.05) is 0 Å². The molecule has 339 valence electrons. The second-order valence-electron chi connectivity index (χ2n) is 20.0. The maximum absolute atomic E-state index is 6.89. The van der Waals surface area contributed by atoms with Gasteiger partial charge in [-0.05, 0) is 104 Å². The van der Waals surface area contributed by atoms with E-state index in [9.17, 15) is 0 Å². The molecule has 0 spiro atoms. The van der Waals surface area contributed by atoms with Gasteiger partial charge in [-0.2, -0.15) is 0 Å². The van der Waals surface area contributed by atoms with E-state index in [2.05, 4.69) is 188 Å². The molecule has 0 atom stereocenters. The van der Waals surface area contributed by atoms with Crippen LogP contribution in [0.3, 0.4) is 0 Å². The first-order valence-corrected chi connectivity index (χ1v) is 23.1. The Morgan fingerprint density at radius 2 is 1.22 bits per heavy atom. The summed E-state index contributed by atoms with van der Waals surface area (Å²) in [6, 6.07) is 57.4. The standard InChI is InChI=1S/C50H50N3O.C11H8N.Ir/c1-30(2)39-25-33(32-17-12-11-13-18-32)26-40(31(3)4)46(39)53-44-22-15-14-21-42(44)52-48(53)38-20-16-19-37-41-29-51-43(28-45(41)54-47(37)38)34-23-35(49(5,6)7)27-36(24-34)50(8,9)10;1-2-6-10(7-3-1)11-8-4-5-9-12-11;/h11-19,21-31H,1-10H3;1-6,8-9H;/q2*-1;. The molecule has 0 aliphatic heterocycles. The summed E-state index contributed by atoms with van der Waals surface area (Å²) in [4.78, 5) is 14.6. The van der Waals surface area contributed by atoms with Crippen molar-refractivity contribution in [3.63, 3.8) is 0 Å². The van der Waals surface area contributed by atoms with Gasteiger partial charge in [0, 0.05) is 55.2 Å². The summed E-state index contributed by atoms with van der Waals surface area (Å²) in [6.45, 7) is 22.8. The van der Waals surface area contributed by atoms with Crippen LogP contribution in [0, 0.1) is 12.1 Å². The average Bonchev–Trinajstić information content (AvgIpc) is 3.90. The van der Waals surface area contributed by atoms with Gasteiger partial charge in [-0.3, -0.25) is 9.97 Å². The van der Waals surface area contributed by atoms with E-state index < -0.39 is 0 Å². The number of nitrogens with zero attached hydrogens (tertiary/aromatic N) is 4. The van der Waals surface area contributed by atoms with Gasteiger partial charge in [0.1, 0.15) is 5.58 Å². The quantitative estimate of drug-likeness (QED) is 0.149. The number of rotatable bonds is 7. The van der Waals surface area contributed by atoms with Gasteiger partial charge in [-0.25, -0.2) is 0 Å². The van der Waals surface area contributed by atoms with Crippen molar-refractivity contribution < 1.29 is 24.5 Å². The molecule has 10 aromatic rings. The minimum absolute atomic E-state index is 0. The summed E-state index contributed by atoms with van der Waals surface area (Å²) in [7, 11) is 0. The molecule has 1 radical (unpaired) electrons. The predicted octanol–water partition coefficient (Wildman–Crippen LogP) is 16.5. The van der Waals surface area contributed by atoms with Crippen molar-refractivity contribution in [1.82, 2.24) is 19.5 Å². The molecule has 0 fully saturated rings. The molecule has 6 heteroatoms. The van der Waals surface area contributed by atoms with Crippen LogP contribution in [-0.2, 0) is 30.9 Å². The normalized spacial score (nSPS) is 11.9. The molecule has 4 aromatic heterocycles. The van der Waals surface area contributed by atoms with Crippen molar-refractivity contribution in [2.45, 2.75) is 91.9 Å². The Kier molecular flexibility index (Phi) is 13.4. The fraction of sp³-hybridized carbons (Fsp3) is 0.230. The van der Waals surface area contributed by atoms with Crippen LogP contribution < -0.4 is 0 Å². The molecule has 0 amide bonds. The molecule has 0 aliphatic carbocycles. The largest absolute Gasteiger partial charge is 0.500 e. The molecule has 0 aliphatic rings. The second-order valence-corrected chi connectivity index (χ2v) is 20.0. The molecule has 5 nitrogen and oxygen atoms in total. The van der Waals surface area contributed by atoms with Gasteiger partial charge in [0.25, 0.3) is 0 Å². The third kappa shape index (κ3) is 9.57. The number of fused-ring (bicyclic) bond motifs is 4. The third-order valence-corrected chi connectivity index (χ3v) is 12.5. The molecule has 0 saturated heterocycles. The monoisotopic (exact) mass is 1060 g/mol. The number of furan rings is 1. The first kappa shape index (κ1) is 47.0. The van der Waals surface area contributed by atoms with Crippen molar-refractivity contribution in [1.29, 1.82) is 0 Å². The smallest absolute Gasteiger partial charge is 0.124 e. The Bertz CT molecular complexity index is 3220. The number of hydrogen-bond acceptors (Lipinski definition) is 4. The molecule has 6 aromatic carbocycles. The molecule has 0 saturated carbocycles. The molecule has 0 bridgehead atoms. The molecule has 0 unspecified atom stereocenters. The number of aromatic nitrogens is 4. The van der Waals surface area contributed by atoms with E-state index in [4.69, 9.17) is 14.4 Å². The fourth-order valence-electron chi connectivity index (χ4n) is 8.71. The van der Waals surface area contributed by atoms with Crippen LogP contribution in [0.15, 0.2) is 162 Å². The minimum atomic E-state index is 0. The van der Waals surface area contributed by atoms with Gasteiger partial charge in [-0.15, -0.1) is 54.1 Å². The number of para-hydroxylation sites is 2. The molecule has 67 heavy (non-hydrogen) atoms. The van der Waals surface area contributed by atoms with E-state index in [1.165, 1.54) is 39.1 Å². The van der Waals surface area contributed by atoms with Gasteiger partial charge >= 0.3 is 0 Å². The van der Waals surface area contributed by atoms with Crippen molar-refractivity contribution >= 4 is 33.0 Å². The van der Waals surface area contributed by atoms with E-state index in [0.29, 0.717) is 0 Å². The van der Waals surface area contributed by atoms with Crippen LogP contribution in [0.1, 0.15) is 103 Å². The Balaban J connectivity index is 0.000000405. The van der Waals surface area contributed by atoms with Crippen molar-refractivity contribution in [3.05, 3.63) is 192 Å². The number of imidazole rings is 1. The Labute approximate surface area is 409 Å². The molecule has 4 heterocycles. The van der Waals surface area contributed by atoms with Gasteiger partial charge in [0.05, 0.1) is 28.1 Å². The van der Waals surface area contributed by atoms with Gasteiger partial charge < -0.3 is 14.0 Å². The predicted molar refractivity (Wildman–Crippen MR) is 275 cm³/mol. The summed E-state index contributed by atoms with van der Waals surface area (Å²) in [5.74, 6) is 1.35. The Morgan fingerprint density at radius 3 is 1.85 bits per heavy atom. The zero-order valence-electron chi connectivity index (χ0n) is 40.2. The van der Waals surface area contributed by atoms with Crippen LogP contribution in [0.5, 0.6) is 0 Å². The van der Waals surface area contributed by atoms with Crippen molar-refractivity contribution in [2.24, 2.45) is 0 Å². The second kappa shape index (κ2) is 19.0. The first-order chi connectivity index (χ1) is 31.7. The van der Waals surface area contributed by atoms with Gasteiger partial charge in [0.15, 0.2) is 0 Å². The summed E-state index contributed by atoms with van der Waals surface area (Å²) in [6.07, 6.45) is 3.76. The van der Waals surface area contributed by atoms with E-state index in [1.54, 1.807) is 6.20 Å². The number of pyridine rings is 2. The summed E-state index contributed by atoms with van der Waals surface area (Å²) >= 11 is 0. The SMILES string of the molecule is CC(C)c1cc(-c2ccccc2)cc(C(C)C)c1-n1c(-c2[c-]ccc3c2oc2cc(-c4cc(C(C)(C)C)cc(C(C)(C)C)c4)ncc23)nc2ccccc21.[Ir].[c-]1ccccc1-c1ccccn1. The van der Waals surface area contributed by atoms with E-state index >= 15 is 0 Å². The zero-order chi connectivity index (χ0) is 46.3. The van der Waals surface area contributed by atoms with Gasteiger partial charge in [0.2, 0.25) is 0 Å². The zero-order valence-corrected chi connectivity index (χ0v) is 42.6. The summed E-state index contributed by atoms with van der Waals surface area (Å²) in [5, 5.41) is 1.98. The van der Waals surface area contributed by atoms with Crippen LogP contribution >= 0.6 is 0 Å². The summed E-state index contributed by atoms with van der Waals surface area (Å²) in [5.41, 5.74) is 17.2. The fourth-order valence-corrected chi connectivity index (χ4v) is 8.71. The molecule has 0 N–H and O–H groups in total. The Morgan fingerprint density at radius 1 is 0.567 bits per heavy atom. The van der Waals surface area contributed by atoms with Crippen LogP contribution in [-0.4, -0.2) is 19.5 Å². The van der Waals surface area contributed by atoms with Gasteiger partial charge in [-0.1, -0.05) is 141 Å². The maximum atomic E-state index is 6.89. The average molecular weight is 1060 g/mol. The number of benzene rings is 6. The van der Waals surface area contributed by atoms with E-state index in [1.807, 2.05) is 54.7 Å². The van der Waals surface area contributed by atoms with Crippen molar-refractivity contribution in [3.8, 4) is 50.7 Å².